The molecule has 1 aromatic carbocycles. The first-order valence-electron chi connectivity index (χ1n) is 7.38. The Bertz CT molecular complexity index is 491. The summed E-state index contributed by atoms with van der Waals surface area (Å²) in [5.41, 5.74) is 1.19. The lowest BCUT2D eigenvalue weighted by atomic mass is 9.76. The van der Waals surface area contributed by atoms with E-state index in [4.69, 9.17) is 16.3 Å². The highest BCUT2D eigenvalue weighted by molar-refractivity contribution is 6.30. The van der Waals surface area contributed by atoms with Crippen LogP contribution in [0.4, 0.5) is 4.39 Å². The Labute approximate surface area is 124 Å². The Kier molecular flexibility index (Phi) is 4.02. The molecule has 1 N–H and O–H groups in total. The zero-order chi connectivity index (χ0) is 14.2. The minimum Gasteiger partial charge on any atom is -0.378 e. The molecule has 2 atom stereocenters. The summed E-state index contributed by atoms with van der Waals surface area (Å²) in [5.74, 6) is -0.351. The van der Waals surface area contributed by atoms with Gasteiger partial charge in [-0.1, -0.05) is 17.7 Å². The molecular formula is C16H21ClFNO. The Morgan fingerprint density at radius 1 is 1.45 bits per heavy atom. The Morgan fingerprint density at radius 3 is 2.85 bits per heavy atom. The first-order chi connectivity index (χ1) is 9.59. The van der Waals surface area contributed by atoms with Gasteiger partial charge in [0.15, 0.2) is 0 Å². The molecule has 0 radical (unpaired) electrons. The highest BCUT2D eigenvalue weighted by Crippen LogP contribution is 2.39. The maximum absolute atomic E-state index is 13.3. The van der Waals surface area contributed by atoms with Gasteiger partial charge in [-0.2, -0.15) is 0 Å². The molecule has 0 spiro atoms. The summed E-state index contributed by atoms with van der Waals surface area (Å²) in [6, 6.07) is 5.74. The summed E-state index contributed by atoms with van der Waals surface area (Å²) in [6.45, 7) is 3.92. The van der Waals surface area contributed by atoms with E-state index >= 15 is 0 Å². The van der Waals surface area contributed by atoms with Crippen LogP contribution in [-0.2, 0) is 11.2 Å². The fraction of sp³-hybridized carbons (Fsp3) is 0.625. The van der Waals surface area contributed by atoms with Gasteiger partial charge in [-0.15, -0.1) is 0 Å². The van der Waals surface area contributed by atoms with E-state index in [1.54, 1.807) is 6.07 Å². The third kappa shape index (κ3) is 3.00. The van der Waals surface area contributed by atoms with Crippen LogP contribution in [0.5, 0.6) is 0 Å². The minimum absolute atomic E-state index is 0.101. The fourth-order valence-electron chi connectivity index (χ4n) is 3.04. The van der Waals surface area contributed by atoms with Crippen LogP contribution in [0.3, 0.4) is 0 Å². The van der Waals surface area contributed by atoms with Crippen molar-refractivity contribution in [3.63, 3.8) is 0 Å². The summed E-state index contributed by atoms with van der Waals surface area (Å²) in [7, 11) is 0. The van der Waals surface area contributed by atoms with Crippen LogP contribution in [0.1, 0.15) is 31.7 Å². The van der Waals surface area contributed by atoms with Gasteiger partial charge in [0.1, 0.15) is 5.82 Å². The standard InChI is InChI=1S/C16H21ClFNO/c1-11-16(6-7-20-11,10-19-13-3-4-13)9-12-2-5-15(18)14(17)8-12/h2,5,8,11,13,19H,3-4,6-7,9-10H2,1H3. The SMILES string of the molecule is CC1OCCC1(CNC1CC1)Cc1ccc(F)c(Cl)c1. The molecule has 110 valence electrons. The van der Waals surface area contributed by atoms with Crippen LogP contribution in [0, 0.1) is 11.2 Å². The van der Waals surface area contributed by atoms with Crippen molar-refractivity contribution in [3.8, 4) is 0 Å². The van der Waals surface area contributed by atoms with Crippen molar-refractivity contribution in [2.24, 2.45) is 5.41 Å². The van der Waals surface area contributed by atoms with E-state index in [0.29, 0.717) is 6.04 Å². The zero-order valence-electron chi connectivity index (χ0n) is 11.8. The van der Waals surface area contributed by atoms with E-state index in [1.807, 2.05) is 6.07 Å². The first-order valence-corrected chi connectivity index (χ1v) is 7.76. The first kappa shape index (κ1) is 14.3. The van der Waals surface area contributed by atoms with Gasteiger partial charge in [0.25, 0.3) is 0 Å². The van der Waals surface area contributed by atoms with E-state index in [-0.39, 0.29) is 22.4 Å². The van der Waals surface area contributed by atoms with Gasteiger partial charge in [0.2, 0.25) is 0 Å². The summed E-state index contributed by atoms with van der Waals surface area (Å²) >= 11 is 5.90. The highest BCUT2D eigenvalue weighted by Gasteiger charge is 2.42. The third-order valence-corrected chi connectivity index (χ3v) is 4.98. The second-order valence-corrected chi connectivity index (χ2v) is 6.61. The molecule has 1 aromatic rings. The topological polar surface area (TPSA) is 21.3 Å². The summed E-state index contributed by atoms with van der Waals surface area (Å²) < 4.78 is 19.1. The molecule has 1 saturated carbocycles. The fourth-order valence-corrected chi connectivity index (χ4v) is 3.24. The molecule has 1 aliphatic heterocycles. The van der Waals surface area contributed by atoms with Crippen molar-refractivity contribution in [2.45, 2.75) is 44.8 Å². The Hall–Kier alpha value is -0.640. The lowest BCUT2D eigenvalue weighted by Gasteiger charge is -2.33. The van der Waals surface area contributed by atoms with Crippen LogP contribution in [0.2, 0.25) is 5.02 Å². The van der Waals surface area contributed by atoms with Gasteiger partial charge in [-0.25, -0.2) is 4.39 Å². The molecule has 1 saturated heterocycles. The number of benzene rings is 1. The molecule has 1 aliphatic carbocycles. The molecule has 3 rings (SSSR count). The molecule has 4 heteroatoms. The lowest BCUT2D eigenvalue weighted by molar-refractivity contribution is 0.0628. The molecule has 0 aromatic heterocycles. The van der Waals surface area contributed by atoms with Crippen LogP contribution in [0.15, 0.2) is 18.2 Å². The summed E-state index contributed by atoms with van der Waals surface area (Å²) in [5, 5.41) is 3.84. The quantitative estimate of drug-likeness (QED) is 0.897. The predicted octanol–water partition coefficient (Wildman–Crippen LogP) is 3.57. The van der Waals surface area contributed by atoms with Crippen molar-refractivity contribution in [1.29, 1.82) is 0 Å². The van der Waals surface area contributed by atoms with E-state index in [9.17, 15) is 4.39 Å². The largest absolute Gasteiger partial charge is 0.378 e. The van der Waals surface area contributed by atoms with Gasteiger partial charge in [0.05, 0.1) is 11.1 Å². The smallest absolute Gasteiger partial charge is 0.141 e. The normalized spacial score (nSPS) is 29.9. The molecule has 0 bridgehead atoms. The average molecular weight is 298 g/mol. The Morgan fingerprint density at radius 2 is 2.25 bits per heavy atom. The monoisotopic (exact) mass is 297 g/mol. The second-order valence-electron chi connectivity index (χ2n) is 6.21. The van der Waals surface area contributed by atoms with Crippen LogP contribution >= 0.6 is 11.6 Å². The number of rotatable bonds is 5. The maximum atomic E-state index is 13.3. The van der Waals surface area contributed by atoms with Crippen LogP contribution in [-0.4, -0.2) is 25.3 Å². The van der Waals surface area contributed by atoms with Gasteiger partial charge in [0, 0.05) is 24.6 Å². The van der Waals surface area contributed by atoms with Crippen molar-refractivity contribution in [1.82, 2.24) is 5.32 Å². The number of nitrogens with one attached hydrogen (secondary N) is 1. The highest BCUT2D eigenvalue weighted by atomic mass is 35.5. The molecule has 2 unspecified atom stereocenters. The number of halogens is 2. The van der Waals surface area contributed by atoms with Crippen molar-refractivity contribution in [3.05, 3.63) is 34.6 Å². The summed E-state index contributed by atoms with van der Waals surface area (Å²) in [4.78, 5) is 0. The van der Waals surface area contributed by atoms with E-state index in [1.165, 1.54) is 18.9 Å². The maximum Gasteiger partial charge on any atom is 0.141 e. The van der Waals surface area contributed by atoms with Crippen molar-refractivity contribution in [2.75, 3.05) is 13.2 Å². The van der Waals surface area contributed by atoms with Crippen LogP contribution in [0.25, 0.3) is 0 Å². The van der Waals surface area contributed by atoms with E-state index in [0.717, 1.165) is 31.6 Å². The minimum atomic E-state index is -0.351. The molecule has 2 fully saturated rings. The Balaban J connectivity index is 1.76. The zero-order valence-corrected chi connectivity index (χ0v) is 12.5. The number of hydrogen-bond acceptors (Lipinski definition) is 2. The van der Waals surface area contributed by atoms with Gasteiger partial charge >= 0.3 is 0 Å². The van der Waals surface area contributed by atoms with Crippen molar-refractivity contribution < 1.29 is 9.13 Å². The number of hydrogen-bond donors (Lipinski definition) is 1. The van der Waals surface area contributed by atoms with Crippen LogP contribution < -0.4 is 5.32 Å². The predicted molar refractivity (Wildman–Crippen MR) is 78.6 cm³/mol. The second kappa shape index (κ2) is 5.63. The van der Waals surface area contributed by atoms with Gasteiger partial charge in [-0.3, -0.25) is 0 Å². The summed E-state index contributed by atoms with van der Waals surface area (Å²) in [6.07, 6.45) is 4.72. The lowest BCUT2D eigenvalue weighted by Crippen LogP contribution is -2.42. The third-order valence-electron chi connectivity index (χ3n) is 4.69. The molecule has 2 aliphatic rings. The van der Waals surface area contributed by atoms with Gasteiger partial charge < -0.3 is 10.1 Å². The van der Waals surface area contributed by atoms with E-state index < -0.39 is 0 Å². The molecule has 0 amide bonds. The average Bonchev–Trinajstić information content (AvgIpc) is 3.18. The van der Waals surface area contributed by atoms with Gasteiger partial charge in [-0.05, 0) is 50.3 Å². The number of ether oxygens (including phenoxy) is 1. The van der Waals surface area contributed by atoms with Crippen molar-refractivity contribution >= 4 is 11.6 Å². The molecule has 20 heavy (non-hydrogen) atoms. The van der Waals surface area contributed by atoms with E-state index in [2.05, 4.69) is 12.2 Å². The molecule has 2 nitrogen and oxygen atoms in total. The molecule has 1 heterocycles. The molecular weight excluding hydrogens is 277 g/mol.